The van der Waals surface area contributed by atoms with Gasteiger partial charge in [-0.2, -0.15) is 0 Å². The van der Waals surface area contributed by atoms with Crippen molar-refractivity contribution in [2.75, 3.05) is 7.11 Å². The fourth-order valence-electron chi connectivity index (χ4n) is 1.68. The SMILES string of the molecule is C=C(OC)c1ccc(C(=O)c2ccccc2)cc1. The molecule has 2 heteroatoms. The van der Waals surface area contributed by atoms with E-state index in [1.165, 1.54) is 0 Å². The molecule has 0 saturated carbocycles. The van der Waals surface area contributed by atoms with E-state index in [1.807, 2.05) is 42.5 Å². The minimum absolute atomic E-state index is 0.0187. The molecule has 0 radical (unpaired) electrons. The molecule has 0 atom stereocenters. The first-order valence-electron chi connectivity index (χ1n) is 5.65. The van der Waals surface area contributed by atoms with Crippen LogP contribution in [-0.2, 0) is 4.74 Å². The Morgan fingerprint density at radius 1 is 0.889 bits per heavy atom. The summed E-state index contributed by atoms with van der Waals surface area (Å²) in [6, 6.07) is 16.5. The third-order valence-corrected chi connectivity index (χ3v) is 2.75. The fraction of sp³-hybridized carbons (Fsp3) is 0.0625. The maximum Gasteiger partial charge on any atom is 0.193 e. The third-order valence-electron chi connectivity index (χ3n) is 2.75. The Hall–Kier alpha value is -2.35. The molecule has 18 heavy (non-hydrogen) atoms. The monoisotopic (exact) mass is 238 g/mol. The lowest BCUT2D eigenvalue weighted by Crippen LogP contribution is -2.00. The van der Waals surface area contributed by atoms with Crippen LogP contribution in [0.25, 0.3) is 5.76 Å². The van der Waals surface area contributed by atoms with Gasteiger partial charge >= 0.3 is 0 Å². The minimum atomic E-state index is 0.0187. The minimum Gasteiger partial charge on any atom is -0.497 e. The molecular weight excluding hydrogens is 224 g/mol. The Labute approximate surface area is 107 Å². The average Bonchev–Trinajstić information content (AvgIpc) is 2.47. The van der Waals surface area contributed by atoms with Crippen LogP contribution in [0.1, 0.15) is 21.5 Å². The van der Waals surface area contributed by atoms with E-state index in [2.05, 4.69) is 6.58 Å². The predicted octanol–water partition coefficient (Wildman–Crippen LogP) is 3.53. The van der Waals surface area contributed by atoms with Crippen molar-refractivity contribution in [1.82, 2.24) is 0 Å². The quantitative estimate of drug-likeness (QED) is 0.601. The molecular formula is C16H14O2. The van der Waals surface area contributed by atoms with Gasteiger partial charge in [-0.05, 0) is 0 Å². The number of ketones is 1. The third kappa shape index (κ3) is 2.48. The zero-order chi connectivity index (χ0) is 13.0. The predicted molar refractivity (Wildman–Crippen MR) is 72.4 cm³/mol. The highest BCUT2D eigenvalue weighted by Gasteiger charge is 2.08. The second kappa shape index (κ2) is 5.32. The number of methoxy groups -OCH3 is 1. The molecule has 0 saturated heterocycles. The number of ether oxygens (including phenoxy) is 1. The van der Waals surface area contributed by atoms with Crippen molar-refractivity contribution in [3.8, 4) is 0 Å². The second-order valence-corrected chi connectivity index (χ2v) is 3.90. The summed E-state index contributed by atoms with van der Waals surface area (Å²) < 4.78 is 5.04. The van der Waals surface area contributed by atoms with Crippen LogP contribution in [0.4, 0.5) is 0 Å². The van der Waals surface area contributed by atoms with Gasteiger partial charge in [-0.15, -0.1) is 0 Å². The fourth-order valence-corrected chi connectivity index (χ4v) is 1.68. The van der Waals surface area contributed by atoms with Crippen molar-refractivity contribution < 1.29 is 9.53 Å². The van der Waals surface area contributed by atoms with Crippen LogP contribution >= 0.6 is 0 Å². The van der Waals surface area contributed by atoms with Gasteiger partial charge in [0.1, 0.15) is 5.76 Å². The van der Waals surface area contributed by atoms with Gasteiger partial charge in [0.25, 0.3) is 0 Å². The Balaban J connectivity index is 2.25. The molecule has 90 valence electrons. The lowest BCUT2D eigenvalue weighted by atomic mass is 10.0. The summed E-state index contributed by atoms with van der Waals surface area (Å²) in [7, 11) is 1.57. The van der Waals surface area contributed by atoms with Gasteiger partial charge in [0, 0.05) is 16.7 Å². The van der Waals surface area contributed by atoms with Gasteiger partial charge in [-0.25, -0.2) is 0 Å². The van der Waals surface area contributed by atoms with Crippen LogP contribution in [0.15, 0.2) is 61.2 Å². The number of carbonyl (C=O) groups is 1. The lowest BCUT2D eigenvalue weighted by molar-refractivity contribution is 0.103. The second-order valence-electron chi connectivity index (χ2n) is 3.90. The number of benzene rings is 2. The molecule has 0 N–H and O–H groups in total. The molecule has 0 spiro atoms. The van der Waals surface area contributed by atoms with Gasteiger partial charge in [-0.3, -0.25) is 4.79 Å². The van der Waals surface area contributed by atoms with E-state index in [9.17, 15) is 4.79 Å². The largest absolute Gasteiger partial charge is 0.497 e. The van der Waals surface area contributed by atoms with Crippen LogP contribution in [0.5, 0.6) is 0 Å². The maximum absolute atomic E-state index is 12.1. The van der Waals surface area contributed by atoms with E-state index in [0.29, 0.717) is 16.9 Å². The lowest BCUT2D eigenvalue weighted by Gasteiger charge is -2.05. The normalized spacial score (nSPS) is 9.83. The summed E-state index contributed by atoms with van der Waals surface area (Å²) in [6.45, 7) is 3.77. The molecule has 2 aromatic rings. The van der Waals surface area contributed by atoms with Crippen molar-refractivity contribution >= 4 is 11.5 Å². The van der Waals surface area contributed by atoms with E-state index in [1.54, 1.807) is 19.2 Å². The van der Waals surface area contributed by atoms with E-state index in [-0.39, 0.29) is 5.78 Å². The van der Waals surface area contributed by atoms with Crippen LogP contribution in [0, 0.1) is 0 Å². The molecule has 0 aliphatic rings. The average molecular weight is 238 g/mol. The van der Waals surface area contributed by atoms with Gasteiger partial charge in [-0.1, -0.05) is 61.2 Å². The number of hydrogen-bond acceptors (Lipinski definition) is 2. The summed E-state index contributed by atoms with van der Waals surface area (Å²) in [5.41, 5.74) is 2.23. The van der Waals surface area contributed by atoms with Crippen LogP contribution < -0.4 is 0 Å². The van der Waals surface area contributed by atoms with Crippen LogP contribution in [0.3, 0.4) is 0 Å². The molecule has 0 bridgehead atoms. The first-order chi connectivity index (χ1) is 8.72. The van der Waals surface area contributed by atoms with E-state index < -0.39 is 0 Å². The molecule has 0 fully saturated rings. The molecule has 0 heterocycles. The molecule has 2 aromatic carbocycles. The highest BCUT2D eigenvalue weighted by atomic mass is 16.5. The highest BCUT2D eigenvalue weighted by molar-refractivity contribution is 6.09. The summed E-state index contributed by atoms with van der Waals surface area (Å²) in [5.74, 6) is 0.610. The first kappa shape index (κ1) is 12.1. The van der Waals surface area contributed by atoms with Crippen LogP contribution in [-0.4, -0.2) is 12.9 Å². The van der Waals surface area contributed by atoms with Crippen LogP contribution in [0.2, 0.25) is 0 Å². The molecule has 2 rings (SSSR count). The number of rotatable bonds is 4. The molecule has 0 aromatic heterocycles. The van der Waals surface area contributed by atoms with Gasteiger partial charge in [0.15, 0.2) is 5.78 Å². The summed E-state index contributed by atoms with van der Waals surface area (Å²) in [4.78, 5) is 12.1. The Bertz CT molecular complexity index is 553. The van der Waals surface area contributed by atoms with Gasteiger partial charge in [0.2, 0.25) is 0 Å². The van der Waals surface area contributed by atoms with Crippen molar-refractivity contribution in [3.63, 3.8) is 0 Å². The van der Waals surface area contributed by atoms with Crippen molar-refractivity contribution in [2.45, 2.75) is 0 Å². The van der Waals surface area contributed by atoms with Crippen molar-refractivity contribution in [1.29, 1.82) is 0 Å². The highest BCUT2D eigenvalue weighted by Crippen LogP contribution is 2.16. The standard InChI is InChI=1S/C16H14O2/c1-12(18-2)13-8-10-15(11-9-13)16(17)14-6-4-3-5-7-14/h3-11H,1H2,2H3. The molecule has 0 aliphatic heterocycles. The zero-order valence-electron chi connectivity index (χ0n) is 10.2. The molecule has 0 unspecified atom stereocenters. The smallest absolute Gasteiger partial charge is 0.193 e. The van der Waals surface area contributed by atoms with E-state index in [0.717, 1.165) is 5.56 Å². The van der Waals surface area contributed by atoms with Gasteiger partial charge in [0.05, 0.1) is 7.11 Å². The first-order valence-corrected chi connectivity index (χ1v) is 5.65. The van der Waals surface area contributed by atoms with E-state index in [4.69, 9.17) is 4.74 Å². The molecule has 2 nitrogen and oxygen atoms in total. The molecule has 0 aliphatic carbocycles. The van der Waals surface area contributed by atoms with Crippen molar-refractivity contribution in [2.24, 2.45) is 0 Å². The topological polar surface area (TPSA) is 26.3 Å². The number of hydrogen-bond donors (Lipinski definition) is 0. The molecule has 0 amide bonds. The number of carbonyl (C=O) groups excluding carboxylic acids is 1. The van der Waals surface area contributed by atoms with Gasteiger partial charge < -0.3 is 4.74 Å². The maximum atomic E-state index is 12.1. The Morgan fingerprint density at radius 3 is 1.94 bits per heavy atom. The van der Waals surface area contributed by atoms with Crippen molar-refractivity contribution in [3.05, 3.63) is 77.9 Å². The van der Waals surface area contributed by atoms with E-state index >= 15 is 0 Å². The Morgan fingerprint density at radius 2 is 1.39 bits per heavy atom. The summed E-state index contributed by atoms with van der Waals surface area (Å²) in [6.07, 6.45) is 0. The Kier molecular flexibility index (Phi) is 3.58. The summed E-state index contributed by atoms with van der Waals surface area (Å²) in [5, 5.41) is 0. The summed E-state index contributed by atoms with van der Waals surface area (Å²) >= 11 is 0. The zero-order valence-corrected chi connectivity index (χ0v) is 10.2.